The van der Waals surface area contributed by atoms with Crippen LogP contribution in [0.3, 0.4) is 0 Å². The fourth-order valence-electron chi connectivity index (χ4n) is 2.02. The Morgan fingerprint density at radius 3 is 2.78 bits per heavy atom. The molecular weight excluding hydrogens is 228 g/mol. The van der Waals surface area contributed by atoms with Crippen molar-refractivity contribution in [3.63, 3.8) is 0 Å². The molecule has 0 amide bonds. The van der Waals surface area contributed by atoms with Gasteiger partial charge in [0.1, 0.15) is 11.9 Å². The van der Waals surface area contributed by atoms with Crippen LogP contribution in [0.2, 0.25) is 0 Å². The van der Waals surface area contributed by atoms with Crippen molar-refractivity contribution < 1.29 is 5.11 Å². The summed E-state index contributed by atoms with van der Waals surface area (Å²) < 4.78 is 2.06. The third kappa shape index (κ3) is 2.47. The highest BCUT2D eigenvalue weighted by Crippen LogP contribution is 2.22. The number of fused-ring (bicyclic) bond motifs is 1. The van der Waals surface area contributed by atoms with Crippen LogP contribution in [-0.2, 0) is 6.54 Å². The van der Waals surface area contributed by atoms with Gasteiger partial charge in [0, 0.05) is 18.8 Å². The number of anilines is 1. The molecule has 5 nitrogen and oxygen atoms in total. The SMILES string of the molecule is CC(O)c1nc2cc(N)ccc2n1CCN(C)C. The minimum Gasteiger partial charge on any atom is -0.399 e. The summed E-state index contributed by atoms with van der Waals surface area (Å²) in [4.78, 5) is 6.57. The quantitative estimate of drug-likeness (QED) is 0.799. The second kappa shape index (κ2) is 4.96. The van der Waals surface area contributed by atoms with Crippen molar-refractivity contribution in [1.82, 2.24) is 14.5 Å². The largest absolute Gasteiger partial charge is 0.399 e. The van der Waals surface area contributed by atoms with E-state index >= 15 is 0 Å². The van der Waals surface area contributed by atoms with E-state index in [1.165, 1.54) is 0 Å². The van der Waals surface area contributed by atoms with E-state index < -0.39 is 6.10 Å². The highest BCUT2D eigenvalue weighted by atomic mass is 16.3. The molecular formula is C13H20N4O. The highest BCUT2D eigenvalue weighted by molar-refractivity contribution is 5.79. The molecule has 1 unspecified atom stereocenters. The minimum absolute atomic E-state index is 0.583. The molecule has 0 aliphatic rings. The number of benzene rings is 1. The van der Waals surface area contributed by atoms with Crippen LogP contribution in [0.5, 0.6) is 0 Å². The maximum atomic E-state index is 9.81. The van der Waals surface area contributed by atoms with Gasteiger partial charge >= 0.3 is 0 Å². The van der Waals surface area contributed by atoms with Crippen molar-refractivity contribution >= 4 is 16.7 Å². The Labute approximate surface area is 107 Å². The van der Waals surface area contributed by atoms with Crippen molar-refractivity contribution in [2.24, 2.45) is 0 Å². The number of hydrogen-bond acceptors (Lipinski definition) is 4. The molecule has 0 spiro atoms. The fraction of sp³-hybridized carbons (Fsp3) is 0.462. The van der Waals surface area contributed by atoms with Crippen LogP contribution < -0.4 is 5.73 Å². The first-order valence-electron chi connectivity index (χ1n) is 6.07. The summed E-state index contributed by atoms with van der Waals surface area (Å²) in [6, 6.07) is 5.66. The van der Waals surface area contributed by atoms with Crippen molar-refractivity contribution in [3.05, 3.63) is 24.0 Å². The topological polar surface area (TPSA) is 67.3 Å². The lowest BCUT2D eigenvalue weighted by Gasteiger charge is -2.14. The maximum Gasteiger partial charge on any atom is 0.138 e. The Bertz CT molecular complexity index is 545. The number of imidazole rings is 1. The molecule has 1 aromatic heterocycles. The molecule has 3 N–H and O–H groups in total. The summed E-state index contributed by atoms with van der Waals surface area (Å²) in [7, 11) is 4.05. The van der Waals surface area contributed by atoms with Crippen molar-refractivity contribution in [2.75, 3.05) is 26.4 Å². The third-order valence-corrected chi connectivity index (χ3v) is 2.95. The Morgan fingerprint density at radius 2 is 2.17 bits per heavy atom. The van der Waals surface area contributed by atoms with E-state index in [1.54, 1.807) is 6.92 Å². The summed E-state index contributed by atoms with van der Waals surface area (Å²) in [6.45, 7) is 3.43. The second-order valence-electron chi connectivity index (χ2n) is 4.85. The smallest absolute Gasteiger partial charge is 0.138 e. The van der Waals surface area contributed by atoms with Gasteiger partial charge < -0.3 is 20.3 Å². The molecule has 0 saturated heterocycles. The Kier molecular flexibility index (Phi) is 3.54. The third-order valence-electron chi connectivity index (χ3n) is 2.95. The first-order chi connectivity index (χ1) is 8.49. The Balaban J connectivity index is 2.48. The zero-order valence-corrected chi connectivity index (χ0v) is 11.1. The number of nitrogens with two attached hydrogens (primary N) is 1. The first-order valence-corrected chi connectivity index (χ1v) is 6.07. The van der Waals surface area contributed by atoms with Crippen LogP contribution in [0.1, 0.15) is 18.9 Å². The van der Waals surface area contributed by atoms with E-state index in [2.05, 4.69) is 14.5 Å². The average Bonchev–Trinajstić information content (AvgIpc) is 2.64. The van der Waals surface area contributed by atoms with Gasteiger partial charge in [-0.3, -0.25) is 0 Å². The van der Waals surface area contributed by atoms with Gasteiger partial charge in [0.25, 0.3) is 0 Å². The number of aliphatic hydroxyl groups excluding tert-OH is 1. The molecule has 1 atom stereocenters. The summed E-state index contributed by atoms with van der Waals surface area (Å²) in [5.41, 5.74) is 8.31. The van der Waals surface area contributed by atoms with Crippen LogP contribution >= 0.6 is 0 Å². The molecule has 0 radical (unpaired) electrons. The number of aliphatic hydroxyl groups is 1. The van der Waals surface area contributed by atoms with E-state index in [9.17, 15) is 5.11 Å². The average molecular weight is 248 g/mol. The van der Waals surface area contributed by atoms with Crippen LogP contribution in [0, 0.1) is 0 Å². The molecule has 5 heteroatoms. The zero-order chi connectivity index (χ0) is 13.3. The summed E-state index contributed by atoms with van der Waals surface area (Å²) in [5.74, 6) is 0.692. The Hall–Kier alpha value is -1.59. The lowest BCUT2D eigenvalue weighted by Crippen LogP contribution is -2.20. The number of nitrogens with zero attached hydrogens (tertiary/aromatic N) is 3. The second-order valence-corrected chi connectivity index (χ2v) is 4.85. The summed E-state index contributed by atoms with van der Waals surface area (Å²) in [6.07, 6.45) is -0.583. The molecule has 0 aliphatic carbocycles. The van der Waals surface area contributed by atoms with Gasteiger partial charge in [-0.1, -0.05) is 0 Å². The lowest BCUT2D eigenvalue weighted by atomic mass is 10.3. The van der Waals surface area contributed by atoms with Crippen molar-refractivity contribution in [2.45, 2.75) is 19.6 Å². The van der Waals surface area contributed by atoms with Crippen LogP contribution in [-0.4, -0.2) is 40.2 Å². The monoisotopic (exact) mass is 248 g/mol. The normalized spacial score (nSPS) is 13.4. The molecule has 1 aromatic carbocycles. The summed E-state index contributed by atoms with van der Waals surface area (Å²) in [5, 5.41) is 9.81. The fourth-order valence-corrected chi connectivity index (χ4v) is 2.02. The lowest BCUT2D eigenvalue weighted by molar-refractivity contribution is 0.183. The molecule has 1 heterocycles. The highest BCUT2D eigenvalue weighted by Gasteiger charge is 2.14. The van der Waals surface area contributed by atoms with Gasteiger partial charge in [-0.15, -0.1) is 0 Å². The van der Waals surface area contributed by atoms with E-state index in [0.29, 0.717) is 11.5 Å². The summed E-state index contributed by atoms with van der Waals surface area (Å²) >= 11 is 0. The van der Waals surface area contributed by atoms with Crippen LogP contribution in [0.15, 0.2) is 18.2 Å². The van der Waals surface area contributed by atoms with Crippen LogP contribution in [0.4, 0.5) is 5.69 Å². The molecule has 2 rings (SSSR count). The minimum atomic E-state index is -0.583. The molecule has 2 aromatic rings. The van der Waals surface area contributed by atoms with Crippen molar-refractivity contribution in [1.29, 1.82) is 0 Å². The van der Waals surface area contributed by atoms with Gasteiger partial charge in [-0.05, 0) is 39.2 Å². The van der Waals surface area contributed by atoms with Gasteiger partial charge in [-0.2, -0.15) is 0 Å². The van der Waals surface area contributed by atoms with E-state index in [-0.39, 0.29) is 0 Å². The number of hydrogen-bond donors (Lipinski definition) is 2. The molecule has 0 aliphatic heterocycles. The van der Waals surface area contributed by atoms with Gasteiger partial charge in [-0.25, -0.2) is 4.98 Å². The first kappa shape index (κ1) is 12.9. The number of aromatic nitrogens is 2. The molecule has 98 valence electrons. The molecule has 0 bridgehead atoms. The predicted molar refractivity (Wildman–Crippen MR) is 73.3 cm³/mol. The zero-order valence-electron chi connectivity index (χ0n) is 11.1. The van der Waals surface area contributed by atoms with E-state index in [1.807, 2.05) is 32.3 Å². The molecule has 18 heavy (non-hydrogen) atoms. The Morgan fingerprint density at radius 1 is 1.44 bits per heavy atom. The molecule has 0 saturated carbocycles. The van der Waals surface area contributed by atoms with E-state index in [0.717, 1.165) is 24.1 Å². The predicted octanol–water partition coefficient (Wildman–Crippen LogP) is 1.23. The maximum absolute atomic E-state index is 9.81. The van der Waals surface area contributed by atoms with Gasteiger partial charge in [0.05, 0.1) is 11.0 Å². The van der Waals surface area contributed by atoms with Gasteiger partial charge in [0.15, 0.2) is 0 Å². The number of rotatable bonds is 4. The standard InChI is InChI=1S/C13H20N4O/c1-9(18)13-15-11-8-10(14)4-5-12(11)17(13)7-6-16(2)3/h4-5,8-9,18H,6-7,14H2,1-3H3. The number of nitrogen functional groups attached to an aromatic ring is 1. The van der Waals surface area contributed by atoms with E-state index in [4.69, 9.17) is 5.73 Å². The molecule has 0 fully saturated rings. The van der Waals surface area contributed by atoms with Crippen molar-refractivity contribution in [3.8, 4) is 0 Å². The van der Waals surface area contributed by atoms with Crippen LogP contribution in [0.25, 0.3) is 11.0 Å². The van der Waals surface area contributed by atoms with Gasteiger partial charge in [0.2, 0.25) is 0 Å². The number of likely N-dealkylation sites (N-methyl/N-ethyl adjacent to an activating group) is 1.